The van der Waals surface area contributed by atoms with Crippen LogP contribution in [0.1, 0.15) is 28.9 Å². The number of carbonyl (C=O) groups excluding carboxylic acids is 1. The van der Waals surface area contributed by atoms with Gasteiger partial charge >= 0.3 is 5.97 Å². The van der Waals surface area contributed by atoms with Crippen molar-refractivity contribution in [3.05, 3.63) is 71.8 Å². The highest BCUT2D eigenvalue weighted by molar-refractivity contribution is 5.89. The molecule has 0 fully saturated rings. The standard InChI is InChI=1S/C18H21NO2/c1-14(19(2)3)17(15-10-6-4-7-11-15)21-18(20)16-12-8-5-9-13-16/h4-14,17H,1-3H3. The van der Waals surface area contributed by atoms with Crippen LogP contribution in [0.2, 0.25) is 0 Å². The fourth-order valence-corrected chi connectivity index (χ4v) is 2.12. The molecule has 2 aromatic carbocycles. The summed E-state index contributed by atoms with van der Waals surface area (Å²) in [7, 11) is 3.97. The first-order chi connectivity index (χ1) is 10.1. The number of ether oxygens (including phenoxy) is 1. The maximum atomic E-state index is 12.3. The molecular weight excluding hydrogens is 262 g/mol. The molecule has 110 valence electrons. The summed E-state index contributed by atoms with van der Waals surface area (Å²) < 4.78 is 5.77. The maximum Gasteiger partial charge on any atom is 0.338 e. The number of rotatable bonds is 5. The average molecular weight is 283 g/mol. The van der Waals surface area contributed by atoms with Gasteiger partial charge in [0.1, 0.15) is 6.10 Å². The van der Waals surface area contributed by atoms with E-state index in [1.54, 1.807) is 12.1 Å². The molecule has 0 aliphatic carbocycles. The number of likely N-dealkylation sites (N-methyl/N-ethyl adjacent to an activating group) is 1. The lowest BCUT2D eigenvalue weighted by atomic mass is 10.0. The Labute approximate surface area is 126 Å². The third-order valence-electron chi connectivity index (χ3n) is 3.62. The lowest BCUT2D eigenvalue weighted by Crippen LogP contribution is -2.33. The van der Waals surface area contributed by atoms with Crippen LogP contribution in [0.3, 0.4) is 0 Å². The second-order valence-electron chi connectivity index (χ2n) is 5.31. The van der Waals surface area contributed by atoms with Crippen LogP contribution in [-0.2, 0) is 4.74 Å². The number of hydrogen-bond acceptors (Lipinski definition) is 3. The predicted octanol–water partition coefficient (Wildman–Crippen LogP) is 3.53. The number of nitrogens with zero attached hydrogens (tertiary/aromatic N) is 1. The Morgan fingerprint density at radius 2 is 1.48 bits per heavy atom. The van der Waals surface area contributed by atoms with Crippen LogP contribution in [-0.4, -0.2) is 31.0 Å². The molecule has 3 heteroatoms. The van der Waals surface area contributed by atoms with Crippen molar-refractivity contribution in [2.24, 2.45) is 0 Å². The highest BCUT2D eigenvalue weighted by atomic mass is 16.5. The molecule has 0 N–H and O–H groups in total. The van der Waals surface area contributed by atoms with Crippen molar-refractivity contribution in [2.75, 3.05) is 14.1 Å². The smallest absolute Gasteiger partial charge is 0.338 e. The molecule has 0 bridgehead atoms. The minimum atomic E-state index is -0.297. The molecule has 3 nitrogen and oxygen atoms in total. The van der Waals surface area contributed by atoms with Gasteiger partial charge in [-0.2, -0.15) is 0 Å². The molecule has 0 aliphatic rings. The van der Waals surface area contributed by atoms with Crippen LogP contribution in [0.5, 0.6) is 0 Å². The molecular formula is C18H21NO2. The molecule has 2 rings (SSSR count). The van der Waals surface area contributed by atoms with Crippen LogP contribution in [0, 0.1) is 0 Å². The average Bonchev–Trinajstić information content (AvgIpc) is 2.53. The summed E-state index contributed by atoms with van der Waals surface area (Å²) in [5.41, 5.74) is 1.58. The molecule has 0 saturated heterocycles. The lowest BCUT2D eigenvalue weighted by molar-refractivity contribution is 0.00886. The Morgan fingerprint density at radius 1 is 0.952 bits per heavy atom. The van der Waals surface area contributed by atoms with Crippen molar-refractivity contribution in [1.82, 2.24) is 4.90 Å². The van der Waals surface area contributed by atoms with Gasteiger partial charge in [0.05, 0.1) is 5.56 Å². The molecule has 0 saturated carbocycles. The monoisotopic (exact) mass is 283 g/mol. The van der Waals surface area contributed by atoms with Crippen molar-refractivity contribution in [2.45, 2.75) is 19.1 Å². The first-order valence-corrected chi connectivity index (χ1v) is 7.07. The Morgan fingerprint density at radius 3 is 2.00 bits per heavy atom. The van der Waals surface area contributed by atoms with E-state index in [9.17, 15) is 4.79 Å². The maximum absolute atomic E-state index is 12.3. The van der Waals surface area contributed by atoms with Crippen molar-refractivity contribution in [3.63, 3.8) is 0 Å². The molecule has 0 aromatic heterocycles. The van der Waals surface area contributed by atoms with E-state index in [0.29, 0.717) is 5.56 Å². The first-order valence-electron chi connectivity index (χ1n) is 7.07. The third-order valence-corrected chi connectivity index (χ3v) is 3.62. The molecule has 21 heavy (non-hydrogen) atoms. The van der Waals surface area contributed by atoms with Gasteiger partial charge in [-0.3, -0.25) is 0 Å². The van der Waals surface area contributed by atoms with E-state index in [1.165, 1.54) is 0 Å². The van der Waals surface area contributed by atoms with Crippen LogP contribution >= 0.6 is 0 Å². The first kappa shape index (κ1) is 15.3. The summed E-state index contributed by atoms with van der Waals surface area (Å²) in [6.45, 7) is 2.05. The summed E-state index contributed by atoms with van der Waals surface area (Å²) >= 11 is 0. The van der Waals surface area contributed by atoms with Gasteiger partial charge in [0.2, 0.25) is 0 Å². The fourth-order valence-electron chi connectivity index (χ4n) is 2.12. The minimum absolute atomic E-state index is 0.0834. The highest BCUT2D eigenvalue weighted by Gasteiger charge is 2.25. The van der Waals surface area contributed by atoms with E-state index in [4.69, 9.17) is 4.74 Å². The second kappa shape index (κ2) is 7.04. The second-order valence-corrected chi connectivity index (χ2v) is 5.31. The molecule has 0 amide bonds. The largest absolute Gasteiger partial charge is 0.452 e. The lowest BCUT2D eigenvalue weighted by Gasteiger charge is -2.29. The minimum Gasteiger partial charge on any atom is -0.452 e. The summed E-state index contributed by atoms with van der Waals surface area (Å²) in [6.07, 6.45) is -0.297. The van der Waals surface area contributed by atoms with E-state index in [-0.39, 0.29) is 18.1 Å². The topological polar surface area (TPSA) is 29.5 Å². The number of hydrogen-bond donors (Lipinski definition) is 0. The van der Waals surface area contributed by atoms with Crippen LogP contribution < -0.4 is 0 Å². The molecule has 2 aromatic rings. The Hall–Kier alpha value is -2.13. The van der Waals surface area contributed by atoms with Gasteiger partial charge in [0.15, 0.2) is 0 Å². The molecule has 0 radical (unpaired) electrons. The van der Waals surface area contributed by atoms with Crippen molar-refractivity contribution in [1.29, 1.82) is 0 Å². The van der Waals surface area contributed by atoms with Gasteiger partial charge in [0, 0.05) is 6.04 Å². The summed E-state index contributed by atoms with van der Waals surface area (Å²) in [5, 5.41) is 0. The zero-order valence-electron chi connectivity index (χ0n) is 12.7. The van der Waals surface area contributed by atoms with E-state index < -0.39 is 0 Å². The third kappa shape index (κ3) is 3.92. The van der Waals surface area contributed by atoms with E-state index in [1.807, 2.05) is 62.6 Å². The van der Waals surface area contributed by atoms with E-state index in [2.05, 4.69) is 11.8 Å². The zero-order valence-corrected chi connectivity index (χ0v) is 12.7. The van der Waals surface area contributed by atoms with Crippen LogP contribution in [0.15, 0.2) is 60.7 Å². The van der Waals surface area contributed by atoms with Gasteiger partial charge in [0.25, 0.3) is 0 Å². The Balaban J connectivity index is 2.23. The molecule has 0 heterocycles. The normalized spacial score (nSPS) is 13.7. The number of esters is 1. The van der Waals surface area contributed by atoms with Crippen molar-refractivity contribution in [3.8, 4) is 0 Å². The quantitative estimate of drug-likeness (QED) is 0.786. The van der Waals surface area contributed by atoms with Crippen molar-refractivity contribution >= 4 is 5.97 Å². The molecule has 0 aliphatic heterocycles. The summed E-state index contributed by atoms with van der Waals surface area (Å²) in [5.74, 6) is -0.293. The van der Waals surface area contributed by atoms with Gasteiger partial charge in [-0.15, -0.1) is 0 Å². The van der Waals surface area contributed by atoms with E-state index in [0.717, 1.165) is 5.56 Å². The zero-order chi connectivity index (χ0) is 15.2. The molecule has 0 spiro atoms. The van der Waals surface area contributed by atoms with Crippen LogP contribution in [0.25, 0.3) is 0 Å². The van der Waals surface area contributed by atoms with E-state index >= 15 is 0 Å². The van der Waals surface area contributed by atoms with Gasteiger partial charge in [-0.25, -0.2) is 4.79 Å². The van der Waals surface area contributed by atoms with Gasteiger partial charge in [-0.05, 0) is 38.7 Å². The fraction of sp³-hybridized carbons (Fsp3) is 0.278. The summed E-state index contributed by atoms with van der Waals surface area (Å²) in [6, 6.07) is 19.0. The molecule has 2 unspecified atom stereocenters. The van der Waals surface area contributed by atoms with Gasteiger partial charge in [-0.1, -0.05) is 48.5 Å². The Kier molecular flexibility index (Phi) is 5.12. The molecule has 2 atom stereocenters. The number of benzene rings is 2. The number of carbonyl (C=O) groups is 1. The summed E-state index contributed by atoms with van der Waals surface area (Å²) in [4.78, 5) is 14.4. The highest BCUT2D eigenvalue weighted by Crippen LogP contribution is 2.25. The van der Waals surface area contributed by atoms with Crippen molar-refractivity contribution < 1.29 is 9.53 Å². The Bertz CT molecular complexity index is 566. The predicted molar refractivity (Wildman–Crippen MR) is 84.2 cm³/mol. The van der Waals surface area contributed by atoms with Crippen LogP contribution in [0.4, 0.5) is 0 Å². The SMILES string of the molecule is CC(C(OC(=O)c1ccccc1)c1ccccc1)N(C)C. The van der Waals surface area contributed by atoms with Gasteiger partial charge < -0.3 is 9.64 Å².